The van der Waals surface area contributed by atoms with E-state index in [1.165, 1.54) is 6.08 Å². The van der Waals surface area contributed by atoms with E-state index < -0.39 is 5.60 Å². The van der Waals surface area contributed by atoms with Crippen LogP contribution in [0.1, 0.15) is 52.9 Å². The highest BCUT2D eigenvalue weighted by molar-refractivity contribution is 5.87. The number of allylic oxidation sites excluding steroid dienone is 11. The third-order valence-corrected chi connectivity index (χ3v) is 3.59. The van der Waals surface area contributed by atoms with Gasteiger partial charge in [-0.3, -0.25) is 4.79 Å². The van der Waals surface area contributed by atoms with Crippen LogP contribution in [0.3, 0.4) is 0 Å². The van der Waals surface area contributed by atoms with E-state index >= 15 is 0 Å². The SMILES string of the molecule is CC=CC=CC=CC=CCCC=CC=CC(=O)NCC(C)(O)CCCC. The fraction of sp³-hybridized carbons (Fsp3) is 0.435. The molecule has 144 valence electrons. The van der Waals surface area contributed by atoms with Gasteiger partial charge in [0.1, 0.15) is 0 Å². The van der Waals surface area contributed by atoms with E-state index in [1.54, 1.807) is 13.0 Å². The van der Waals surface area contributed by atoms with Gasteiger partial charge in [0.15, 0.2) is 0 Å². The predicted octanol–water partition coefficient (Wildman–Crippen LogP) is 5.18. The number of carbonyl (C=O) groups is 1. The Morgan fingerprint density at radius 3 is 2.15 bits per heavy atom. The average molecular weight is 358 g/mol. The second kappa shape index (κ2) is 16.3. The molecule has 0 fully saturated rings. The number of nitrogens with one attached hydrogen (secondary N) is 1. The van der Waals surface area contributed by atoms with E-state index in [0.717, 1.165) is 25.7 Å². The van der Waals surface area contributed by atoms with E-state index in [4.69, 9.17) is 0 Å². The lowest BCUT2D eigenvalue weighted by Gasteiger charge is -2.22. The molecule has 2 N–H and O–H groups in total. The summed E-state index contributed by atoms with van der Waals surface area (Å²) in [5.41, 5.74) is -0.835. The second-order valence-corrected chi connectivity index (χ2v) is 6.41. The van der Waals surface area contributed by atoms with Crippen LogP contribution >= 0.6 is 0 Å². The molecular formula is C23H35NO2. The van der Waals surface area contributed by atoms with Crippen molar-refractivity contribution in [3.05, 3.63) is 72.9 Å². The highest BCUT2D eigenvalue weighted by Gasteiger charge is 2.19. The molecule has 1 atom stereocenters. The topological polar surface area (TPSA) is 49.3 Å². The Balaban J connectivity index is 3.88. The Morgan fingerprint density at radius 2 is 1.54 bits per heavy atom. The van der Waals surface area contributed by atoms with Crippen LogP contribution in [0.25, 0.3) is 0 Å². The molecule has 1 amide bonds. The van der Waals surface area contributed by atoms with E-state index in [0.29, 0.717) is 6.42 Å². The molecule has 0 aliphatic carbocycles. The molecule has 0 aromatic carbocycles. The quantitative estimate of drug-likeness (QED) is 0.271. The molecule has 3 nitrogen and oxygen atoms in total. The summed E-state index contributed by atoms with van der Waals surface area (Å²) in [6, 6.07) is 0. The third kappa shape index (κ3) is 16.7. The van der Waals surface area contributed by atoms with Gasteiger partial charge in [-0.05, 0) is 33.1 Å². The number of unbranched alkanes of at least 4 members (excludes halogenated alkanes) is 2. The van der Waals surface area contributed by atoms with E-state index in [2.05, 4.69) is 18.3 Å². The molecule has 0 aromatic rings. The van der Waals surface area contributed by atoms with Crippen LogP contribution < -0.4 is 5.32 Å². The van der Waals surface area contributed by atoms with Crippen LogP contribution in [0, 0.1) is 0 Å². The summed E-state index contributed by atoms with van der Waals surface area (Å²) in [5.74, 6) is -0.178. The molecule has 0 aliphatic heterocycles. The van der Waals surface area contributed by atoms with Crippen molar-refractivity contribution in [3.63, 3.8) is 0 Å². The number of amides is 1. The summed E-state index contributed by atoms with van der Waals surface area (Å²) in [6.07, 6.45) is 27.8. The molecule has 0 saturated heterocycles. The monoisotopic (exact) mass is 357 g/mol. The van der Waals surface area contributed by atoms with Gasteiger partial charge >= 0.3 is 0 Å². The van der Waals surface area contributed by atoms with Crippen LogP contribution in [0.2, 0.25) is 0 Å². The zero-order chi connectivity index (χ0) is 19.5. The Kier molecular flexibility index (Phi) is 15.0. The van der Waals surface area contributed by atoms with E-state index in [-0.39, 0.29) is 12.5 Å². The maximum Gasteiger partial charge on any atom is 0.244 e. The summed E-state index contributed by atoms with van der Waals surface area (Å²) in [6.45, 7) is 6.11. The molecule has 0 radical (unpaired) electrons. The van der Waals surface area contributed by atoms with Gasteiger partial charge in [-0.25, -0.2) is 0 Å². The van der Waals surface area contributed by atoms with Crippen molar-refractivity contribution >= 4 is 5.91 Å². The van der Waals surface area contributed by atoms with Crippen molar-refractivity contribution in [3.8, 4) is 0 Å². The summed E-state index contributed by atoms with van der Waals surface area (Å²) >= 11 is 0. The highest BCUT2D eigenvalue weighted by atomic mass is 16.3. The maximum atomic E-state index is 11.7. The van der Waals surface area contributed by atoms with Gasteiger partial charge in [0.2, 0.25) is 5.91 Å². The fourth-order valence-corrected chi connectivity index (χ4v) is 2.04. The average Bonchev–Trinajstić information content (AvgIpc) is 2.62. The minimum Gasteiger partial charge on any atom is -0.388 e. The van der Waals surface area contributed by atoms with Crippen molar-refractivity contribution < 1.29 is 9.90 Å². The lowest BCUT2D eigenvalue weighted by atomic mass is 9.99. The Hall–Kier alpha value is -2.13. The Labute approximate surface area is 159 Å². The van der Waals surface area contributed by atoms with Gasteiger partial charge < -0.3 is 10.4 Å². The van der Waals surface area contributed by atoms with Gasteiger partial charge in [-0.1, -0.05) is 86.6 Å². The first-order valence-corrected chi connectivity index (χ1v) is 9.46. The minimum absolute atomic E-state index is 0.178. The van der Waals surface area contributed by atoms with E-state index in [9.17, 15) is 9.90 Å². The normalized spacial score (nSPS) is 15.4. The first kappa shape index (κ1) is 23.9. The van der Waals surface area contributed by atoms with Gasteiger partial charge in [-0.2, -0.15) is 0 Å². The summed E-state index contributed by atoms with van der Waals surface area (Å²) in [7, 11) is 0. The van der Waals surface area contributed by atoms with Crippen molar-refractivity contribution in [2.75, 3.05) is 6.54 Å². The number of aliphatic hydroxyl groups is 1. The minimum atomic E-state index is -0.835. The predicted molar refractivity (Wildman–Crippen MR) is 113 cm³/mol. The molecule has 0 aliphatic rings. The van der Waals surface area contributed by atoms with Crippen LogP contribution in [-0.4, -0.2) is 23.2 Å². The van der Waals surface area contributed by atoms with Crippen molar-refractivity contribution in [2.45, 2.75) is 58.5 Å². The standard InChI is InChI=1S/C23H35NO2/c1-4-6-8-9-10-11-12-13-14-15-16-17-18-19-22(25)24-21-23(3,26)20-7-5-2/h4,6,8-13,16-19,26H,5,7,14-15,20-21H2,1-3H3,(H,24,25). The van der Waals surface area contributed by atoms with Crippen LogP contribution in [0.5, 0.6) is 0 Å². The number of carbonyl (C=O) groups excluding carboxylic acids is 1. The number of hydrogen-bond donors (Lipinski definition) is 2. The highest BCUT2D eigenvalue weighted by Crippen LogP contribution is 2.11. The second-order valence-electron chi connectivity index (χ2n) is 6.41. The number of rotatable bonds is 13. The molecule has 0 heterocycles. The van der Waals surface area contributed by atoms with Crippen molar-refractivity contribution in [1.29, 1.82) is 0 Å². The molecule has 26 heavy (non-hydrogen) atoms. The molecule has 1 unspecified atom stereocenters. The fourth-order valence-electron chi connectivity index (χ4n) is 2.04. The van der Waals surface area contributed by atoms with Gasteiger partial charge in [0.05, 0.1) is 5.60 Å². The molecular weight excluding hydrogens is 322 g/mol. The van der Waals surface area contributed by atoms with Gasteiger partial charge in [0, 0.05) is 12.6 Å². The zero-order valence-corrected chi connectivity index (χ0v) is 16.5. The first-order valence-electron chi connectivity index (χ1n) is 9.46. The van der Waals surface area contributed by atoms with Crippen molar-refractivity contribution in [1.82, 2.24) is 5.32 Å². The number of hydrogen-bond acceptors (Lipinski definition) is 2. The van der Waals surface area contributed by atoms with E-state index in [1.807, 2.05) is 61.6 Å². The van der Waals surface area contributed by atoms with Crippen LogP contribution in [0.4, 0.5) is 0 Å². The summed E-state index contributed by atoms with van der Waals surface area (Å²) < 4.78 is 0. The smallest absolute Gasteiger partial charge is 0.244 e. The van der Waals surface area contributed by atoms with Crippen LogP contribution in [-0.2, 0) is 4.79 Å². The molecule has 0 aromatic heterocycles. The lowest BCUT2D eigenvalue weighted by Crippen LogP contribution is -2.39. The Morgan fingerprint density at radius 1 is 0.962 bits per heavy atom. The summed E-state index contributed by atoms with van der Waals surface area (Å²) in [5, 5.41) is 12.8. The molecule has 0 rings (SSSR count). The van der Waals surface area contributed by atoms with Crippen molar-refractivity contribution in [2.24, 2.45) is 0 Å². The summed E-state index contributed by atoms with van der Waals surface area (Å²) in [4.78, 5) is 11.7. The van der Waals surface area contributed by atoms with Gasteiger partial charge in [0.25, 0.3) is 0 Å². The lowest BCUT2D eigenvalue weighted by molar-refractivity contribution is -0.117. The molecule has 3 heteroatoms. The first-order chi connectivity index (χ1) is 12.5. The maximum absolute atomic E-state index is 11.7. The third-order valence-electron chi connectivity index (χ3n) is 3.59. The molecule has 0 bridgehead atoms. The molecule has 0 spiro atoms. The zero-order valence-electron chi connectivity index (χ0n) is 16.5. The van der Waals surface area contributed by atoms with Crippen LogP contribution in [0.15, 0.2) is 72.9 Å². The Bertz CT molecular complexity index is 534. The van der Waals surface area contributed by atoms with Gasteiger partial charge in [-0.15, -0.1) is 0 Å². The molecule has 0 saturated carbocycles. The largest absolute Gasteiger partial charge is 0.388 e.